The van der Waals surface area contributed by atoms with Crippen molar-refractivity contribution in [3.63, 3.8) is 0 Å². The summed E-state index contributed by atoms with van der Waals surface area (Å²) in [7, 11) is 0. The maximum atomic E-state index is 10.6. The molecule has 0 spiro atoms. The molecule has 0 aromatic heterocycles. The molecule has 5 heteroatoms. The fourth-order valence-corrected chi connectivity index (χ4v) is 3.64. The van der Waals surface area contributed by atoms with Crippen molar-refractivity contribution >= 4 is 23.2 Å². The first-order valence-electron chi connectivity index (χ1n) is 9.27. The Morgan fingerprint density at radius 1 is 0.815 bits per heavy atom. The third kappa shape index (κ3) is 5.69. The van der Waals surface area contributed by atoms with Gasteiger partial charge in [-0.25, -0.2) is 0 Å². The van der Waals surface area contributed by atoms with Gasteiger partial charge in [0.15, 0.2) is 0 Å². The highest BCUT2D eigenvalue weighted by Gasteiger charge is 2.25. The van der Waals surface area contributed by atoms with E-state index in [9.17, 15) is 15.3 Å². The summed E-state index contributed by atoms with van der Waals surface area (Å²) in [6.07, 6.45) is -1.48. The highest BCUT2D eigenvalue weighted by Crippen LogP contribution is 2.32. The standard InChI is InChI=1S/C22H28Cl2O3/c1-13(2)21(26)22(27)17-9-6-8-16(20(17)24)11-14(3)19(25)12-15-7-4-5-10-18(15)23/h4-10,13-14,19,21-22,25-27H,11-12H2,1-3H3/t14?,19-,21-,22-/m1/s1. The lowest BCUT2D eigenvalue weighted by Gasteiger charge is -2.24. The number of benzene rings is 2. The van der Waals surface area contributed by atoms with E-state index in [1.807, 2.05) is 57.2 Å². The fraction of sp³-hybridized carbons (Fsp3) is 0.455. The van der Waals surface area contributed by atoms with E-state index in [1.54, 1.807) is 6.07 Å². The molecule has 0 heterocycles. The molecule has 0 saturated carbocycles. The van der Waals surface area contributed by atoms with Gasteiger partial charge in [-0.3, -0.25) is 0 Å². The van der Waals surface area contributed by atoms with Gasteiger partial charge in [0.05, 0.1) is 12.2 Å². The summed E-state index contributed by atoms with van der Waals surface area (Å²) in [5.41, 5.74) is 2.27. The molecular weight excluding hydrogens is 383 g/mol. The summed E-state index contributed by atoms with van der Waals surface area (Å²) in [5.74, 6) is -0.141. The minimum atomic E-state index is -1.04. The van der Waals surface area contributed by atoms with Gasteiger partial charge >= 0.3 is 0 Å². The van der Waals surface area contributed by atoms with Crippen LogP contribution in [-0.2, 0) is 12.8 Å². The predicted molar refractivity (Wildman–Crippen MR) is 111 cm³/mol. The number of aliphatic hydroxyl groups excluding tert-OH is 3. The van der Waals surface area contributed by atoms with Gasteiger partial charge in [-0.1, -0.05) is 80.4 Å². The zero-order chi connectivity index (χ0) is 20.1. The van der Waals surface area contributed by atoms with E-state index in [0.717, 1.165) is 11.1 Å². The number of hydrogen-bond acceptors (Lipinski definition) is 3. The highest BCUT2D eigenvalue weighted by molar-refractivity contribution is 6.32. The topological polar surface area (TPSA) is 60.7 Å². The molecule has 0 radical (unpaired) electrons. The van der Waals surface area contributed by atoms with Crippen LogP contribution in [0.15, 0.2) is 42.5 Å². The van der Waals surface area contributed by atoms with Crippen LogP contribution in [0.5, 0.6) is 0 Å². The van der Waals surface area contributed by atoms with Crippen LogP contribution in [0.3, 0.4) is 0 Å². The van der Waals surface area contributed by atoms with Crippen molar-refractivity contribution in [3.05, 3.63) is 69.2 Å². The molecule has 0 saturated heterocycles. The Hall–Kier alpha value is -1.10. The summed E-state index contributed by atoms with van der Waals surface area (Å²) in [6, 6.07) is 12.9. The van der Waals surface area contributed by atoms with Crippen molar-refractivity contribution in [1.82, 2.24) is 0 Å². The minimum Gasteiger partial charge on any atom is -0.392 e. The van der Waals surface area contributed by atoms with Gasteiger partial charge in [-0.2, -0.15) is 0 Å². The van der Waals surface area contributed by atoms with E-state index in [0.29, 0.717) is 28.5 Å². The third-order valence-electron chi connectivity index (χ3n) is 5.02. The van der Waals surface area contributed by atoms with Gasteiger partial charge in [0.1, 0.15) is 6.10 Å². The molecule has 0 aliphatic heterocycles. The van der Waals surface area contributed by atoms with Gasteiger partial charge in [0.2, 0.25) is 0 Å². The molecule has 0 aliphatic rings. The largest absolute Gasteiger partial charge is 0.392 e. The van der Waals surface area contributed by atoms with E-state index in [2.05, 4.69) is 0 Å². The normalized spacial score (nSPS) is 16.2. The van der Waals surface area contributed by atoms with E-state index in [1.165, 1.54) is 0 Å². The Kier molecular flexibility index (Phi) is 8.14. The molecule has 0 amide bonds. The van der Waals surface area contributed by atoms with Crippen LogP contribution in [-0.4, -0.2) is 27.5 Å². The lowest BCUT2D eigenvalue weighted by Crippen LogP contribution is -2.25. The Balaban J connectivity index is 2.12. The summed E-state index contributed by atoms with van der Waals surface area (Å²) < 4.78 is 0. The van der Waals surface area contributed by atoms with Crippen LogP contribution in [0.2, 0.25) is 10.0 Å². The Morgan fingerprint density at radius 2 is 1.44 bits per heavy atom. The average Bonchev–Trinajstić information content (AvgIpc) is 2.63. The first-order chi connectivity index (χ1) is 12.7. The molecule has 1 unspecified atom stereocenters. The molecular formula is C22H28Cl2O3. The van der Waals surface area contributed by atoms with Gasteiger partial charge in [-0.05, 0) is 35.4 Å². The highest BCUT2D eigenvalue weighted by atomic mass is 35.5. The second-order valence-corrected chi connectivity index (χ2v) is 8.33. The summed E-state index contributed by atoms with van der Waals surface area (Å²) in [4.78, 5) is 0. The number of halogens is 2. The molecule has 3 N–H and O–H groups in total. The first-order valence-corrected chi connectivity index (χ1v) is 10.0. The lowest BCUT2D eigenvalue weighted by atomic mass is 9.89. The van der Waals surface area contributed by atoms with Crippen molar-refractivity contribution in [3.8, 4) is 0 Å². The number of aliphatic hydroxyl groups is 3. The monoisotopic (exact) mass is 410 g/mol. The third-order valence-corrected chi connectivity index (χ3v) is 5.85. The zero-order valence-electron chi connectivity index (χ0n) is 15.9. The predicted octanol–water partition coefficient (Wildman–Crippen LogP) is 4.83. The first kappa shape index (κ1) is 22.2. The SMILES string of the molecule is CC(Cc1cccc([C@@H](O)[C@H](O)C(C)C)c1Cl)[C@H](O)Cc1ccccc1Cl. The van der Waals surface area contributed by atoms with Crippen LogP contribution in [0, 0.1) is 11.8 Å². The molecule has 27 heavy (non-hydrogen) atoms. The molecule has 2 aromatic carbocycles. The summed E-state index contributed by atoms with van der Waals surface area (Å²) in [6.45, 7) is 5.65. The Morgan fingerprint density at radius 3 is 2.07 bits per heavy atom. The van der Waals surface area contributed by atoms with Gasteiger partial charge in [0, 0.05) is 22.0 Å². The van der Waals surface area contributed by atoms with Gasteiger partial charge in [-0.15, -0.1) is 0 Å². The van der Waals surface area contributed by atoms with Crippen molar-refractivity contribution in [2.45, 2.75) is 51.9 Å². The maximum Gasteiger partial charge on any atom is 0.107 e. The molecule has 0 bridgehead atoms. The van der Waals surface area contributed by atoms with Crippen molar-refractivity contribution in [2.75, 3.05) is 0 Å². The average molecular weight is 411 g/mol. The van der Waals surface area contributed by atoms with Crippen molar-refractivity contribution in [1.29, 1.82) is 0 Å². The van der Waals surface area contributed by atoms with E-state index >= 15 is 0 Å². The van der Waals surface area contributed by atoms with Crippen LogP contribution in [0.1, 0.15) is 43.6 Å². The molecule has 3 nitrogen and oxygen atoms in total. The molecule has 0 fully saturated rings. The number of rotatable bonds is 8. The maximum absolute atomic E-state index is 10.6. The van der Waals surface area contributed by atoms with Crippen molar-refractivity contribution < 1.29 is 15.3 Å². The van der Waals surface area contributed by atoms with Gasteiger partial charge in [0.25, 0.3) is 0 Å². The molecule has 4 atom stereocenters. The molecule has 2 aromatic rings. The zero-order valence-corrected chi connectivity index (χ0v) is 17.5. The smallest absolute Gasteiger partial charge is 0.107 e. The minimum absolute atomic E-state index is 0.0545. The van der Waals surface area contributed by atoms with Crippen LogP contribution < -0.4 is 0 Å². The quantitative estimate of drug-likeness (QED) is 0.583. The molecule has 0 aliphatic carbocycles. The molecule has 148 valence electrons. The van der Waals surface area contributed by atoms with Crippen LogP contribution in [0.25, 0.3) is 0 Å². The van der Waals surface area contributed by atoms with E-state index in [4.69, 9.17) is 23.2 Å². The fourth-order valence-electron chi connectivity index (χ4n) is 3.11. The van der Waals surface area contributed by atoms with E-state index in [-0.39, 0.29) is 11.8 Å². The Bertz CT molecular complexity index is 748. The van der Waals surface area contributed by atoms with Gasteiger partial charge < -0.3 is 15.3 Å². The van der Waals surface area contributed by atoms with Crippen LogP contribution >= 0.6 is 23.2 Å². The summed E-state index contributed by atoms with van der Waals surface area (Å²) in [5, 5.41) is 32.3. The second-order valence-electron chi connectivity index (χ2n) is 7.54. The lowest BCUT2D eigenvalue weighted by molar-refractivity contribution is -0.00938. The summed E-state index contributed by atoms with van der Waals surface area (Å²) >= 11 is 12.7. The van der Waals surface area contributed by atoms with E-state index < -0.39 is 18.3 Å². The second kappa shape index (κ2) is 9.90. The van der Waals surface area contributed by atoms with Crippen LogP contribution in [0.4, 0.5) is 0 Å². The Labute approximate surface area is 171 Å². The van der Waals surface area contributed by atoms with Crippen molar-refractivity contribution in [2.24, 2.45) is 11.8 Å². The number of hydrogen-bond donors (Lipinski definition) is 3. The molecule has 2 rings (SSSR count).